The number of halogens is 3. The van der Waals surface area contributed by atoms with Gasteiger partial charge in [0, 0.05) is 12.6 Å². The number of rotatable bonds is 2. The zero-order valence-electron chi connectivity index (χ0n) is 12.9. The first kappa shape index (κ1) is 16.0. The lowest BCUT2D eigenvalue weighted by molar-refractivity contribution is -0.137. The molecule has 124 valence electrons. The third-order valence-electron chi connectivity index (χ3n) is 3.62. The van der Waals surface area contributed by atoms with Crippen molar-refractivity contribution in [2.45, 2.75) is 13.1 Å². The predicted molar refractivity (Wildman–Crippen MR) is 86.5 cm³/mol. The molecule has 0 bridgehead atoms. The van der Waals surface area contributed by atoms with Crippen molar-refractivity contribution in [1.82, 2.24) is 15.0 Å². The third kappa shape index (κ3) is 2.70. The fraction of sp³-hybridized carbons (Fsp3) is 0.188. The smallest absolute Gasteiger partial charge is 0.372 e. The summed E-state index contributed by atoms with van der Waals surface area (Å²) < 4.78 is 39.8. The van der Waals surface area contributed by atoms with Gasteiger partial charge in [0.2, 0.25) is 5.95 Å². The summed E-state index contributed by atoms with van der Waals surface area (Å²) in [5.41, 5.74) is 5.96. The highest BCUT2D eigenvalue weighted by Gasteiger charge is 2.34. The molecular weight excluding hydrogens is 319 g/mol. The molecule has 24 heavy (non-hydrogen) atoms. The molecule has 1 aromatic carbocycles. The number of nitrogens with zero attached hydrogens (tertiary/aromatic N) is 3. The number of pyridine rings is 1. The highest BCUT2D eigenvalue weighted by atomic mass is 19.4. The molecule has 0 saturated carbocycles. The van der Waals surface area contributed by atoms with Crippen LogP contribution in [-0.2, 0) is 6.18 Å². The Morgan fingerprint density at radius 1 is 1.08 bits per heavy atom. The van der Waals surface area contributed by atoms with Crippen molar-refractivity contribution in [1.29, 1.82) is 0 Å². The van der Waals surface area contributed by atoms with Crippen molar-refractivity contribution >= 4 is 22.8 Å². The second-order valence-corrected chi connectivity index (χ2v) is 5.25. The van der Waals surface area contributed by atoms with Gasteiger partial charge in [-0.05, 0) is 24.6 Å². The van der Waals surface area contributed by atoms with E-state index in [1.165, 1.54) is 12.1 Å². The van der Waals surface area contributed by atoms with Gasteiger partial charge in [-0.25, -0.2) is 4.98 Å². The van der Waals surface area contributed by atoms with Crippen LogP contribution in [0.3, 0.4) is 0 Å². The number of benzene rings is 1. The summed E-state index contributed by atoms with van der Waals surface area (Å²) in [6, 6.07) is 7.03. The molecule has 0 radical (unpaired) electrons. The number of nitrogens with two attached hydrogens (primary N) is 1. The second kappa shape index (κ2) is 5.63. The Balaban J connectivity index is 2.31. The molecule has 0 atom stereocenters. The number of nitrogen functional groups attached to an aromatic ring is 1. The van der Waals surface area contributed by atoms with Crippen LogP contribution < -0.4 is 11.1 Å². The van der Waals surface area contributed by atoms with E-state index >= 15 is 0 Å². The van der Waals surface area contributed by atoms with E-state index in [1.807, 2.05) is 0 Å². The minimum absolute atomic E-state index is 0.00161. The van der Waals surface area contributed by atoms with Crippen molar-refractivity contribution in [2.75, 3.05) is 18.1 Å². The van der Waals surface area contributed by atoms with Crippen LogP contribution in [-0.4, -0.2) is 22.0 Å². The van der Waals surface area contributed by atoms with Gasteiger partial charge >= 0.3 is 6.18 Å². The molecule has 0 unspecified atom stereocenters. The van der Waals surface area contributed by atoms with Crippen molar-refractivity contribution in [2.24, 2.45) is 0 Å². The molecule has 0 aliphatic heterocycles. The topological polar surface area (TPSA) is 76.7 Å². The molecule has 0 aliphatic rings. The van der Waals surface area contributed by atoms with Gasteiger partial charge in [-0.1, -0.05) is 18.2 Å². The highest BCUT2D eigenvalue weighted by Crippen LogP contribution is 2.38. The molecule has 3 aromatic rings. The van der Waals surface area contributed by atoms with Crippen LogP contribution in [0.25, 0.3) is 22.3 Å². The third-order valence-corrected chi connectivity index (χ3v) is 3.62. The minimum atomic E-state index is -4.47. The van der Waals surface area contributed by atoms with Gasteiger partial charge in [0.05, 0.1) is 16.6 Å². The van der Waals surface area contributed by atoms with Gasteiger partial charge in [-0.15, -0.1) is 0 Å². The van der Waals surface area contributed by atoms with Gasteiger partial charge in [-0.2, -0.15) is 23.1 Å². The van der Waals surface area contributed by atoms with E-state index in [4.69, 9.17) is 5.73 Å². The molecule has 0 aliphatic carbocycles. The predicted octanol–water partition coefficient (Wildman–Crippen LogP) is 3.64. The van der Waals surface area contributed by atoms with Gasteiger partial charge in [0.15, 0.2) is 5.65 Å². The van der Waals surface area contributed by atoms with E-state index in [2.05, 4.69) is 20.3 Å². The van der Waals surface area contributed by atoms with Gasteiger partial charge in [0.1, 0.15) is 5.82 Å². The molecule has 2 aromatic heterocycles. The summed E-state index contributed by atoms with van der Waals surface area (Å²) in [6.07, 6.45) is -4.47. The lowest BCUT2D eigenvalue weighted by Crippen LogP contribution is -2.08. The van der Waals surface area contributed by atoms with E-state index in [0.29, 0.717) is 16.8 Å². The second-order valence-electron chi connectivity index (χ2n) is 5.25. The lowest BCUT2D eigenvalue weighted by atomic mass is 10.00. The molecule has 5 nitrogen and oxygen atoms in total. The van der Waals surface area contributed by atoms with Crippen molar-refractivity contribution < 1.29 is 13.2 Å². The molecule has 3 rings (SSSR count). The van der Waals surface area contributed by atoms with Gasteiger partial charge in [-0.3, -0.25) is 0 Å². The van der Waals surface area contributed by atoms with Gasteiger partial charge < -0.3 is 11.1 Å². The van der Waals surface area contributed by atoms with Crippen molar-refractivity contribution in [3.8, 4) is 11.3 Å². The van der Waals surface area contributed by atoms with E-state index < -0.39 is 11.7 Å². The zero-order valence-corrected chi connectivity index (χ0v) is 12.9. The number of aromatic nitrogens is 3. The first-order valence-corrected chi connectivity index (χ1v) is 7.10. The summed E-state index contributed by atoms with van der Waals surface area (Å²) in [5.74, 6) is 0.474. The highest BCUT2D eigenvalue weighted by molar-refractivity contribution is 5.90. The van der Waals surface area contributed by atoms with Crippen LogP contribution in [0, 0.1) is 6.92 Å². The van der Waals surface area contributed by atoms with Crippen molar-refractivity contribution in [3.63, 3.8) is 0 Å². The number of alkyl halides is 3. The molecular formula is C16H14F3N5. The molecule has 0 amide bonds. The molecule has 3 N–H and O–H groups in total. The first-order valence-electron chi connectivity index (χ1n) is 7.10. The Hall–Kier alpha value is -2.90. The molecule has 0 saturated heterocycles. The van der Waals surface area contributed by atoms with Crippen LogP contribution in [0.4, 0.5) is 24.9 Å². The van der Waals surface area contributed by atoms with Crippen LogP contribution in [0.2, 0.25) is 0 Å². The summed E-state index contributed by atoms with van der Waals surface area (Å²) in [5, 5.41) is 3.48. The van der Waals surface area contributed by atoms with Crippen LogP contribution in [0.1, 0.15) is 11.1 Å². The number of hydrogen-bond donors (Lipinski definition) is 2. The summed E-state index contributed by atoms with van der Waals surface area (Å²) in [7, 11) is 1.67. The van der Waals surface area contributed by atoms with Crippen LogP contribution in [0.15, 0.2) is 30.3 Å². The van der Waals surface area contributed by atoms with Crippen LogP contribution in [0.5, 0.6) is 0 Å². The summed E-state index contributed by atoms with van der Waals surface area (Å²) in [4.78, 5) is 12.4. The Kier molecular flexibility index (Phi) is 3.75. The van der Waals surface area contributed by atoms with E-state index in [-0.39, 0.29) is 22.9 Å². The average molecular weight is 333 g/mol. The number of anilines is 2. The fourth-order valence-electron chi connectivity index (χ4n) is 2.57. The standard InChI is InChI=1S/C16H14F3N5/c1-8-7-10-13(21-2)23-15(20)24-14(10)22-12(8)9-5-3-4-6-11(9)16(17,18)19/h3-7H,1-2H3,(H3,20,21,22,23,24). The number of hydrogen-bond acceptors (Lipinski definition) is 5. The maximum atomic E-state index is 13.3. The van der Waals surface area contributed by atoms with E-state index in [0.717, 1.165) is 6.07 Å². The summed E-state index contributed by atoms with van der Waals surface area (Å²) in [6.45, 7) is 1.70. The Labute approximate surface area is 135 Å². The number of fused-ring (bicyclic) bond motifs is 1. The number of nitrogens with one attached hydrogen (secondary N) is 1. The molecule has 0 spiro atoms. The van der Waals surface area contributed by atoms with E-state index in [9.17, 15) is 13.2 Å². The van der Waals surface area contributed by atoms with Crippen molar-refractivity contribution in [3.05, 3.63) is 41.5 Å². The Morgan fingerprint density at radius 3 is 2.46 bits per heavy atom. The van der Waals surface area contributed by atoms with Crippen LogP contribution >= 0.6 is 0 Å². The first-order chi connectivity index (χ1) is 11.3. The van der Waals surface area contributed by atoms with E-state index in [1.54, 1.807) is 26.1 Å². The Bertz CT molecular complexity index is 921. The maximum Gasteiger partial charge on any atom is 0.417 e. The molecule has 0 fully saturated rings. The summed E-state index contributed by atoms with van der Waals surface area (Å²) >= 11 is 0. The maximum absolute atomic E-state index is 13.3. The largest absolute Gasteiger partial charge is 0.417 e. The quantitative estimate of drug-likeness (QED) is 0.749. The SMILES string of the molecule is CNc1nc(N)nc2nc(-c3ccccc3C(F)(F)F)c(C)cc12. The monoisotopic (exact) mass is 333 g/mol. The Morgan fingerprint density at radius 2 is 1.79 bits per heavy atom. The molecule has 2 heterocycles. The van der Waals surface area contributed by atoms with Gasteiger partial charge in [0.25, 0.3) is 0 Å². The fourth-order valence-corrected chi connectivity index (χ4v) is 2.57. The minimum Gasteiger partial charge on any atom is -0.372 e. The molecule has 8 heteroatoms. The number of aryl methyl sites for hydroxylation is 1. The normalized spacial score (nSPS) is 11.7. The zero-order chi connectivity index (χ0) is 17.5. The lowest BCUT2D eigenvalue weighted by Gasteiger charge is -2.15. The average Bonchev–Trinajstić information content (AvgIpc) is 2.53.